The van der Waals surface area contributed by atoms with Gasteiger partial charge in [0.15, 0.2) is 6.23 Å². The van der Waals surface area contributed by atoms with E-state index in [4.69, 9.17) is 14.5 Å². The number of H-pyrrole nitrogens is 1. The van der Waals surface area contributed by atoms with Crippen molar-refractivity contribution in [2.45, 2.75) is 24.5 Å². The molecule has 1 aromatic rings. The molecule has 136 valence electrons. The molecule has 1 aliphatic rings. The molecule has 1 aromatic heterocycles. The van der Waals surface area contributed by atoms with Crippen LogP contribution < -0.4 is 11.2 Å². The van der Waals surface area contributed by atoms with Gasteiger partial charge in [-0.05, 0) is 0 Å². The van der Waals surface area contributed by atoms with Crippen molar-refractivity contribution < 1.29 is 42.7 Å². The van der Waals surface area contributed by atoms with Gasteiger partial charge in [-0.1, -0.05) is 0 Å². The zero-order valence-corrected chi connectivity index (χ0v) is 13.6. The molecule has 5 N–H and O–H groups in total. The predicted molar refractivity (Wildman–Crippen MR) is 75.3 cm³/mol. The Labute approximate surface area is 133 Å². The fourth-order valence-corrected chi connectivity index (χ4v) is 3.35. The molecule has 0 aromatic carbocycles. The van der Waals surface area contributed by atoms with Crippen molar-refractivity contribution in [3.8, 4) is 0 Å². The minimum Gasteiger partial charge on any atom is -0.387 e. The number of aromatic nitrogens is 2. The SMILES string of the molecule is O=c1ccn([C@@H]2O[C@H](COP(=O)(O)O[PH](=O)O)C(O)[C@@H]2O)c(=O)[nH]1. The van der Waals surface area contributed by atoms with Gasteiger partial charge < -0.3 is 24.7 Å². The predicted octanol–water partition coefficient (Wildman–Crippen LogP) is -2.33. The van der Waals surface area contributed by atoms with Crippen LogP contribution in [-0.4, -0.2) is 54.5 Å². The van der Waals surface area contributed by atoms with E-state index in [2.05, 4.69) is 8.83 Å². The van der Waals surface area contributed by atoms with E-state index in [1.807, 2.05) is 4.98 Å². The number of aromatic amines is 1. The van der Waals surface area contributed by atoms with Crippen LogP contribution >= 0.6 is 16.1 Å². The molecular formula is C9H14N2O11P2. The van der Waals surface area contributed by atoms with Gasteiger partial charge in [-0.25, -0.2) is 13.7 Å². The quantitative estimate of drug-likeness (QED) is 0.328. The molecule has 15 heteroatoms. The Morgan fingerprint density at radius 1 is 1.38 bits per heavy atom. The molecule has 3 unspecified atom stereocenters. The van der Waals surface area contributed by atoms with Crippen molar-refractivity contribution in [3.05, 3.63) is 33.1 Å². The summed E-state index contributed by atoms with van der Waals surface area (Å²) in [6, 6.07) is 0.989. The normalized spacial score (nSPS) is 30.8. The summed E-state index contributed by atoms with van der Waals surface area (Å²) in [5.74, 6) is 0. The molecule has 0 aliphatic carbocycles. The summed E-state index contributed by atoms with van der Waals surface area (Å²) >= 11 is 0. The number of hydrogen-bond acceptors (Lipinski definition) is 9. The molecule has 24 heavy (non-hydrogen) atoms. The number of ether oxygens (including phenoxy) is 1. The van der Waals surface area contributed by atoms with Crippen LogP contribution in [0, 0.1) is 0 Å². The molecule has 6 atom stereocenters. The summed E-state index contributed by atoms with van der Waals surface area (Å²) in [7, 11) is -8.60. The number of phosphoric acid groups is 1. The molecule has 0 saturated carbocycles. The summed E-state index contributed by atoms with van der Waals surface area (Å²) in [4.78, 5) is 42.2. The van der Waals surface area contributed by atoms with Crippen LogP contribution in [0.4, 0.5) is 0 Å². The van der Waals surface area contributed by atoms with Gasteiger partial charge in [0, 0.05) is 12.3 Å². The largest absolute Gasteiger partial charge is 0.479 e. The van der Waals surface area contributed by atoms with Gasteiger partial charge in [-0.15, -0.1) is 0 Å². The zero-order chi connectivity index (χ0) is 18.1. The molecule has 1 fully saturated rings. The van der Waals surface area contributed by atoms with Gasteiger partial charge in [0.25, 0.3) is 5.56 Å². The molecule has 2 heterocycles. The maximum Gasteiger partial charge on any atom is 0.479 e. The van der Waals surface area contributed by atoms with E-state index >= 15 is 0 Å². The average Bonchev–Trinajstić information content (AvgIpc) is 2.72. The van der Waals surface area contributed by atoms with E-state index in [-0.39, 0.29) is 0 Å². The molecule has 1 saturated heterocycles. The third-order valence-corrected chi connectivity index (χ3v) is 5.08. The van der Waals surface area contributed by atoms with E-state index in [1.165, 1.54) is 0 Å². The number of rotatable bonds is 6. The lowest BCUT2D eigenvalue weighted by atomic mass is 10.1. The molecule has 13 nitrogen and oxygen atoms in total. The number of aliphatic hydroxyl groups excluding tert-OH is 2. The van der Waals surface area contributed by atoms with E-state index in [1.54, 1.807) is 0 Å². The third kappa shape index (κ3) is 4.48. The maximum absolute atomic E-state index is 11.7. The second-order valence-corrected chi connectivity index (χ2v) is 7.14. The first-order valence-corrected chi connectivity index (χ1v) is 9.09. The standard InChI is InChI=1S/C9H14N2O11P2/c12-5-1-2-11(9(15)10-5)8-7(14)6(13)4(21-8)3-20-24(18,19)22-23(16)17/h1-2,4,6-8,13-14,23H,3H2,(H,16,17)(H,18,19)(H,10,12,15)/t4-,6?,7+,8-/m1/s1. The number of nitrogens with zero attached hydrogens (tertiary/aromatic N) is 1. The van der Waals surface area contributed by atoms with Gasteiger partial charge >= 0.3 is 21.8 Å². The Morgan fingerprint density at radius 3 is 2.62 bits per heavy atom. The highest BCUT2D eigenvalue weighted by atomic mass is 31.2. The lowest BCUT2D eigenvalue weighted by Gasteiger charge is -2.17. The number of aliphatic hydroxyl groups is 2. The first kappa shape index (κ1) is 19.2. The second-order valence-electron chi connectivity index (χ2n) is 4.69. The van der Waals surface area contributed by atoms with Crippen molar-refractivity contribution in [2.75, 3.05) is 6.61 Å². The number of phosphoric ester groups is 1. The highest BCUT2D eigenvalue weighted by Crippen LogP contribution is 2.51. The number of hydrogen-bond donors (Lipinski definition) is 5. The minimum absolute atomic E-state index is 0.679. The molecule has 0 radical (unpaired) electrons. The molecular weight excluding hydrogens is 374 g/mol. The highest BCUT2D eigenvalue weighted by molar-refractivity contribution is 7.55. The average molecular weight is 388 g/mol. The lowest BCUT2D eigenvalue weighted by Crippen LogP contribution is -2.37. The fourth-order valence-electron chi connectivity index (χ4n) is 2.02. The van der Waals surface area contributed by atoms with Crippen LogP contribution in [0.1, 0.15) is 6.23 Å². The van der Waals surface area contributed by atoms with Gasteiger partial charge in [0.05, 0.1) is 6.61 Å². The van der Waals surface area contributed by atoms with Gasteiger partial charge in [-0.3, -0.25) is 23.4 Å². The second kappa shape index (κ2) is 7.40. The summed E-state index contributed by atoms with van der Waals surface area (Å²) in [5.41, 5.74) is -1.59. The minimum atomic E-state index is -4.86. The molecule has 0 amide bonds. The molecule has 2 rings (SSSR count). The Bertz CT molecular complexity index is 775. The topological polar surface area (TPSA) is 198 Å². The lowest BCUT2D eigenvalue weighted by molar-refractivity contribution is -0.0540. The molecule has 1 aliphatic heterocycles. The summed E-state index contributed by atoms with van der Waals surface area (Å²) in [6.07, 6.45) is -4.94. The van der Waals surface area contributed by atoms with Gasteiger partial charge in [0.1, 0.15) is 18.3 Å². The first-order valence-electron chi connectivity index (χ1n) is 6.33. The molecule has 0 bridgehead atoms. The van der Waals surface area contributed by atoms with E-state index < -0.39 is 58.5 Å². The highest BCUT2D eigenvalue weighted by Gasteiger charge is 2.45. The van der Waals surface area contributed by atoms with Crippen LogP contribution in [0.2, 0.25) is 0 Å². The summed E-state index contributed by atoms with van der Waals surface area (Å²) in [6.45, 7) is -0.782. The van der Waals surface area contributed by atoms with Crippen LogP contribution in [0.3, 0.4) is 0 Å². The van der Waals surface area contributed by atoms with Crippen molar-refractivity contribution in [2.24, 2.45) is 0 Å². The molecule has 0 spiro atoms. The van der Waals surface area contributed by atoms with Crippen LogP contribution in [0.5, 0.6) is 0 Å². The first-order chi connectivity index (χ1) is 11.1. The Balaban J connectivity index is 2.10. The summed E-state index contributed by atoms with van der Waals surface area (Å²) in [5, 5.41) is 19.8. The van der Waals surface area contributed by atoms with Crippen molar-refractivity contribution in [1.29, 1.82) is 0 Å². The van der Waals surface area contributed by atoms with E-state index in [0.717, 1.165) is 16.8 Å². The number of nitrogens with one attached hydrogen (secondary N) is 1. The smallest absolute Gasteiger partial charge is 0.387 e. The van der Waals surface area contributed by atoms with Crippen molar-refractivity contribution in [1.82, 2.24) is 9.55 Å². The van der Waals surface area contributed by atoms with Crippen LogP contribution in [0.25, 0.3) is 0 Å². The van der Waals surface area contributed by atoms with E-state index in [0.29, 0.717) is 0 Å². The van der Waals surface area contributed by atoms with Crippen molar-refractivity contribution >= 4 is 16.1 Å². The van der Waals surface area contributed by atoms with E-state index in [9.17, 15) is 28.9 Å². The maximum atomic E-state index is 11.7. The van der Waals surface area contributed by atoms with Crippen LogP contribution in [0.15, 0.2) is 21.9 Å². The third-order valence-electron chi connectivity index (χ3n) is 3.06. The Morgan fingerprint density at radius 2 is 2.04 bits per heavy atom. The zero-order valence-electron chi connectivity index (χ0n) is 11.7. The monoisotopic (exact) mass is 388 g/mol. The fraction of sp³-hybridized carbons (Fsp3) is 0.556. The Hall–Kier alpha value is -1.14. The van der Waals surface area contributed by atoms with Gasteiger partial charge in [-0.2, -0.15) is 0 Å². The van der Waals surface area contributed by atoms with Crippen LogP contribution in [-0.2, 0) is 22.7 Å². The van der Waals surface area contributed by atoms with Gasteiger partial charge in [0.2, 0.25) is 0 Å². The Kier molecular flexibility index (Phi) is 5.91. The summed E-state index contributed by atoms with van der Waals surface area (Å²) < 4.78 is 35.9. The van der Waals surface area contributed by atoms with Crippen molar-refractivity contribution in [3.63, 3.8) is 0 Å².